The van der Waals surface area contributed by atoms with Crippen molar-refractivity contribution in [3.05, 3.63) is 69.8 Å². The third-order valence-electron chi connectivity index (χ3n) is 4.11. The highest BCUT2D eigenvalue weighted by Crippen LogP contribution is 2.36. The standard InChI is InChI=1S/C18H14N2O7S/c1-10-5-8-15(20(23)24)13(9-10)18(22)19-14-7-6-11-12(17(14)21)3-2-4-16(11)28(25,26)27/h2-9,21H,1H3,(H,19,22)(H,25,26,27). The van der Waals surface area contributed by atoms with Crippen LogP contribution in [0.15, 0.2) is 53.4 Å². The number of amides is 1. The first kappa shape index (κ1) is 19.3. The number of phenols is 1. The topological polar surface area (TPSA) is 147 Å². The Hall–Kier alpha value is -3.50. The lowest BCUT2D eigenvalue weighted by Crippen LogP contribution is -2.14. The molecule has 0 aliphatic rings. The van der Waals surface area contributed by atoms with Gasteiger partial charge in [-0.15, -0.1) is 0 Å². The highest BCUT2D eigenvalue weighted by atomic mass is 32.2. The van der Waals surface area contributed by atoms with Crippen molar-refractivity contribution >= 4 is 38.2 Å². The SMILES string of the molecule is Cc1ccc([N+](=O)[O-])c(C(=O)Nc2ccc3c(S(=O)(=O)O)cccc3c2O)c1. The van der Waals surface area contributed by atoms with Crippen LogP contribution in [-0.2, 0) is 10.1 Å². The van der Waals surface area contributed by atoms with Gasteiger partial charge >= 0.3 is 0 Å². The minimum Gasteiger partial charge on any atom is -0.505 e. The third-order valence-corrected chi connectivity index (χ3v) is 5.02. The number of anilines is 1. The van der Waals surface area contributed by atoms with E-state index in [1.165, 1.54) is 48.5 Å². The van der Waals surface area contributed by atoms with Gasteiger partial charge in [-0.2, -0.15) is 8.42 Å². The average molecular weight is 402 g/mol. The molecule has 0 atom stereocenters. The molecule has 0 fully saturated rings. The monoisotopic (exact) mass is 402 g/mol. The second kappa shape index (κ2) is 6.91. The predicted octanol–water partition coefficient (Wildman–Crippen LogP) is 3.26. The number of nitrogens with one attached hydrogen (secondary N) is 1. The van der Waals surface area contributed by atoms with Crippen molar-refractivity contribution in [2.75, 3.05) is 5.32 Å². The number of nitro benzene ring substituents is 1. The number of carbonyl (C=O) groups is 1. The Kier molecular flexibility index (Phi) is 4.75. The smallest absolute Gasteiger partial charge is 0.295 e. The Morgan fingerprint density at radius 2 is 1.82 bits per heavy atom. The summed E-state index contributed by atoms with van der Waals surface area (Å²) in [6.45, 7) is 1.67. The van der Waals surface area contributed by atoms with Crippen LogP contribution in [0.2, 0.25) is 0 Å². The van der Waals surface area contributed by atoms with Gasteiger partial charge in [0.15, 0.2) is 0 Å². The molecule has 3 rings (SSSR count). The van der Waals surface area contributed by atoms with E-state index in [2.05, 4.69) is 5.32 Å². The molecule has 0 radical (unpaired) electrons. The van der Waals surface area contributed by atoms with Gasteiger partial charge in [-0.1, -0.05) is 24.3 Å². The number of fused-ring (bicyclic) bond motifs is 1. The maximum absolute atomic E-state index is 12.5. The lowest BCUT2D eigenvalue weighted by atomic mass is 10.1. The van der Waals surface area contributed by atoms with Gasteiger partial charge < -0.3 is 10.4 Å². The quantitative estimate of drug-likeness (QED) is 0.263. The Balaban J connectivity index is 2.07. The van der Waals surface area contributed by atoms with E-state index in [0.29, 0.717) is 5.56 Å². The zero-order valence-corrected chi connectivity index (χ0v) is 15.2. The molecule has 144 valence electrons. The molecule has 3 aromatic rings. The summed E-state index contributed by atoms with van der Waals surface area (Å²) in [5, 5.41) is 24.1. The highest BCUT2D eigenvalue weighted by molar-refractivity contribution is 7.86. The first-order valence-corrected chi connectivity index (χ1v) is 9.32. The maximum Gasteiger partial charge on any atom is 0.295 e. The van der Waals surface area contributed by atoms with Gasteiger partial charge in [-0.05, 0) is 30.7 Å². The van der Waals surface area contributed by atoms with E-state index in [1.54, 1.807) is 6.92 Å². The molecule has 3 aromatic carbocycles. The summed E-state index contributed by atoms with van der Waals surface area (Å²) in [5.41, 5.74) is -0.00899. The van der Waals surface area contributed by atoms with Gasteiger partial charge in [0.1, 0.15) is 16.2 Å². The van der Waals surface area contributed by atoms with E-state index >= 15 is 0 Å². The molecule has 0 aliphatic heterocycles. The predicted molar refractivity (Wildman–Crippen MR) is 101 cm³/mol. The molecule has 28 heavy (non-hydrogen) atoms. The molecule has 0 aliphatic carbocycles. The second-order valence-corrected chi connectivity index (χ2v) is 7.41. The average Bonchev–Trinajstić information content (AvgIpc) is 2.62. The molecule has 9 nitrogen and oxygen atoms in total. The first-order chi connectivity index (χ1) is 13.1. The molecule has 0 bridgehead atoms. The number of hydrogen-bond acceptors (Lipinski definition) is 6. The number of nitro groups is 1. The Morgan fingerprint density at radius 3 is 2.46 bits per heavy atom. The molecule has 0 aromatic heterocycles. The summed E-state index contributed by atoms with van der Waals surface area (Å²) < 4.78 is 32.3. The van der Waals surface area contributed by atoms with Crippen molar-refractivity contribution in [3.8, 4) is 5.75 Å². The summed E-state index contributed by atoms with van der Waals surface area (Å²) in [7, 11) is -4.52. The Morgan fingerprint density at radius 1 is 1.11 bits per heavy atom. The van der Waals surface area contributed by atoms with Gasteiger partial charge in [-0.25, -0.2) is 0 Å². The van der Waals surface area contributed by atoms with E-state index in [-0.39, 0.29) is 22.0 Å². The van der Waals surface area contributed by atoms with Crippen LogP contribution < -0.4 is 5.32 Å². The fourth-order valence-corrected chi connectivity index (χ4v) is 3.53. The van der Waals surface area contributed by atoms with Gasteiger partial charge in [0.25, 0.3) is 21.7 Å². The lowest BCUT2D eigenvalue weighted by Gasteiger charge is -2.12. The Labute approximate surface area is 159 Å². The van der Waals surface area contributed by atoms with Gasteiger partial charge in [0, 0.05) is 16.8 Å². The fraction of sp³-hybridized carbons (Fsp3) is 0.0556. The van der Waals surface area contributed by atoms with E-state index < -0.39 is 37.3 Å². The zero-order chi connectivity index (χ0) is 20.6. The van der Waals surface area contributed by atoms with Crippen molar-refractivity contribution in [2.24, 2.45) is 0 Å². The van der Waals surface area contributed by atoms with Crippen molar-refractivity contribution in [1.82, 2.24) is 0 Å². The minimum atomic E-state index is -4.52. The van der Waals surface area contributed by atoms with Crippen molar-refractivity contribution in [3.63, 3.8) is 0 Å². The summed E-state index contributed by atoms with van der Waals surface area (Å²) >= 11 is 0. The molecule has 0 spiro atoms. The number of aromatic hydroxyl groups is 1. The van der Waals surface area contributed by atoms with E-state index in [9.17, 15) is 33.0 Å². The molecular weight excluding hydrogens is 388 g/mol. The number of phenolic OH excluding ortho intramolecular Hbond substituents is 1. The van der Waals surface area contributed by atoms with Crippen LogP contribution in [0.3, 0.4) is 0 Å². The van der Waals surface area contributed by atoms with Crippen molar-refractivity contribution < 1.29 is 27.8 Å². The van der Waals surface area contributed by atoms with E-state index in [4.69, 9.17) is 0 Å². The van der Waals surface area contributed by atoms with Crippen LogP contribution in [0.4, 0.5) is 11.4 Å². The second-order valence-electron chi connectivity index (χ2n) is 6.02. The van der Waals surface area contributed by atoms with Gasteiger partial charge in [0.05, 0.1) is 10.6 Å². The van der Waals surface area contributed by atoms with E-state index in [1.807, 2.05) is 0 Å². The summed E-state index contributed by atoms with van der Waals surface area (Å²) in [6, 6.07) is 10.5. The largest absolute Gasteiger partial charge is 0.505 e. The third kappa shape index (κ3) is 3.50. The summed E-state index contributed by atoms with van der Waals surface area (Å²) in [5.74, 6) is -1.25. The number of rotatable bonds is 4. The minimum absolute atomic E-state index is 0.0574. The molecular formula is C18H14N2O7S. The van der Waals surface area contributed by atoms with Crippen LogP contribution in [0.5, 0.6) is 5.75 Å². The number of nitrogens with zero attached hydrogens (tertiary/aromatic N) is 1. The Bertz CT molecular complexity index is 1240. The number of hydrogen-bond donors (Lipinski definition) is 3. The van der Waals surface area contributed by atoms with Crippen molar-refractivity contribution in [1.29, 1.82) is 0 Å². The summed E-state index contributed by atoms with van der Waals surface area (Å²) in [6.07, 6.45) is 0. The molecule has 3 N–H and O–H groups in total. The molecule has 0 unspecified atom stereocenters. The molecule has 1 amide bonds. The van der Waals surface area contributed by atoms with Crippen LogP contribution in [0, 0.1) is 17.0 Å². The fourth-order valence-electron chi connectivity index (χ4n) is 2.82. The molecule has 0 heterocycles. The van der Waals surface area contributed by atoms with E-state index in [0.717, 1.165) is 0 Å². The molecule has 0 saturated heterocycles. The van der Waals surface area contributed by atoms with Gasteiger partial charge in [-0.3, -0.25) is 19.5 Å². The van der Waals surface area contributed by atoms with Gasteiger partial charge in [0.2, 0.25) is 0 Å². The zero-order valence-electron chi connectivity index (χ0n) is 14.4. The maximum atomic E-state index is 12.5. The number of benzene rings is 3. The van der Waals surface area contributed by atoms with Crippen LogP contribution >= 0.6 is 0 Å². The first-order valence-electron chi connectivity index (χ1n) is 7.88. The highest BCUT2D eigenvalue weighted by Gasteiger charge is 2.22. The van der Waals surface area contributed by atoms with Crippen LogP contribution in [-0.4, -0.2) is 28.9 Å². The normalized spacial score (nSPS) is 11.4. The lowest BCUT2D eigenvalue weighted by molar-refractivity contribution is -0.385. The number of aryl methyl sites for hydroxylation is 1. The van der Waals surface area contributed by atoms with Crippen LogP contribution in [0.25, 0.3) is 10.8 Å². The van der Waals surface area contributed by atoms with Crippen molar-refractivity contribution in [2.45, 2.75) is 11.8 Å². The number of carbonyl (C=O) groups excluding carboxylic acids is 1. The molecule has 10 heteroatoms. The molecule has 0 saturated carbocycles. The summed E-state index contributed by atoms with van der Waals surface area (Å²) in [4.78, 5) is 22.6. The van der Waals surface area contributed by atoms with Crippen LogP contribution in [0.1, 0.15) is 15.9 Å².